The summed E-state index contributed by atoms with van der Waals surface area (Å²) in [5, 5.41) is 14.5. The van der Waals surface area contributed by atoms with Gasteiger partial charge in [0.05, 0.1) is 19.3 Å². The first kappa shape index (κ1) is 15.1. The Hall–Kier alpha value is -2.28. The maximum absolute atomic E-state index is 11.9. The van der Waals surface area contributed by atoms with E-state index in [-0.39, 0.29) is 29.5 Å². The number of amides is 2. The highest BCUT2D eigenvalue weighted by Gasteiger charge is 2.25. The summed E-state index contributed by atoms with van der Waals surface area (Å²) in [4.78, 5) is 22.9. The van der Waals surface area contributed by atoms with E-state index in [1.165, 1.54) is 25.3 Å². The minimum absolute atomic E-state index is 0.0142. The third kappa shape index (κ3) is 3.63. The van der Waals surface area contributed by atoms with Crippen LogP contribution >= 0.6 is 0 Å². The lowest BCUT2D eigenvalue weighted by Gasteiger charge is -2.17. The van der Waals surface area contributed by atoms with Crippen LogP contribution in [0.15, 0.2) is 18.2 Å². The topological polar surface area (TPSA) is 96.9 Å². The van der Waals surface area contributed by atoms with Crippen LogP contribution in [0.2, 0.25) is 0 Å². The fourth-order valence-corrected chi connectivity index (χ4v) is 2.20. The number of nitrogens with one attached hydrogen (secondary N) is 2. The normalized spacial score (nSPS) is 20.9. The number of rotatable bonds is 4. The number of benzene rings is 1. The molecule has 7 nitrogen and oxygen atoms in total. The van der Waals surface area contributed by atoms with Gasteiger partial charge < -0.3 is 25.2 Å². The molecule has 0 aromatic heterocycles. The molecule has 1 saturated heterocycles. The first-order valence-corrected chi connectivity index (χ1v) is 6.61. The molecule has 1 fully saturated rings. The van der Waals surface area contributed by atoms with Gasteiger partial charge in [-0.3, -0.25) is 0 Å². The second-order valence-electron chi connectivity index (χ2n) is 4.79. The predicted molar refractivity (Wildman–Crippen MR) is 75.9 cm³/mol. The van der Waals surface area contributed by atoms with Crippen molar-refractivity contribution in [1.82, 2.24) is 5.32 Å². The van der Waals surface area contributed by atoms with Gasteiger partial charge in [0.25, 0.3) is 0 Å². The van der Waals surface area contributed by atoms with Crippen molar-refractivity contribution in [2.45, 2.75) is 25.5 Å². The Bertz CT molecular complexity index is 546. The fraction of sp³-hybridized carbons (Fsp3) is 0.429. The van der Waals surface area contributed by atoms with E-state index >= 15 is 0 Å². The number of hydrogen-bond acceptors (Lipinski definition) is 4. The Balaban J connectivity index is 2.02. The Kier molecular flexibility index (Phi) is 4.64. The van der Waals surface area contributed by atoms with Crippen LogP contribution in [0.25, 0.3) is 0 Å². The molecule has 3 N–H and O–H groups in total. The van der Waals surface area contributed by atoms with Crippen LogP contribution in [0.4, 0.5) is 10.5 Å². The molecule has 1 aromatic rings. The summed E-state index contributed by atoms with van der Waals surface area (Å²) in [7, 11) is 1.38. The maximum atomic E-state index is 11.9. The average molecular weight is 294 g/mol. The lowest BCUT2D eigenvalue weighted by molar-refractivity contribution is 0.0693. The molecule has 1 aromatic carbocycles. The number of carboxylic acids is 1. The Morgan fingerprint density at radius 3 is 2.76 bits per heavy atom. The number of carbonyl (C=O) groups excluding carboxylic acids is 1. The third-order valence-electron chi connectivity index (χ3n) is 3.38. The quantitative estimate of drug-likeness (QED) is 0.785. The van der Waals surface area contributed by atoms with Crippen molar-refractivity contribution in [3.05, 3.63) is 23.8 Å². The molecule has 21 heavy (non-hydrogen) atoms. The van der Waals surface area contributed by atoms with Crippen molar-refractivity contribution < 1.29 is 24.2 Å². The second kappa shape index (κ2) is 6.45. The number of carbonyl (C=O) groups is 2. The number of methoxy groups -OCH3 is 1. The zero-order valence-corrected chi connectivity index (χ0v) is 11.9. The summed E-state index contributed by atoms with van der Waals surface area (Å²) in [6.07, 6.45) is 0.759. The molecule has 0 aliphatic carbocycles. The highest BCUT2D eigenvalue weighted by molar-refractivity contribution is 5.94. The van der Waals surface area contributed by atoms with Crippen LogP contribution < -0.4 is 15.4 Å². The Morgan fingerprint density at radius 1 is 1.43 bits per heavy atom. The molecule has 2 rings (SSSR count). The minimum atomic E-state index is -1.08. The summed E-state index contributed by atoms with van der Waals surface area (Å²) in [5.41, 5.74) is 0.502. The maximum Gasteiger partial charge on any atom is 0.339 e. The standard InChI is InChI=1S/C14H18N2O5/c1-8-11(5-6-21-8)16-14(19)15-9-3-4-10(13(17)18)12(7-9)20-2/h3-4,7-8,11H,5-6H2,1-2H3,(H,17,18)(H2,15,16,19). The smallest absolute Gasteiger partial charge is 0.339 e. The van der Waals surface area contributed by atoms with E-state index in [0.29, 0.717) is 12.3 Å². The predicted octanol–water partition coefficient (Wildman–Crippen LogP) is 1.69. The zero-order chi connectivity index (χ0) is 15.4. The van der Waals surface area contributed by atoms with E-state index in [1.807, 2.05) is 6.92 Å². The molecule has 114 valence electrons. The average Bonchev–Trinajstić information content (AvgIpc) is 2.83. The molecular formula is C14H18N2O5. The number of anilines is 1. The van der Waals surface area contributed by atoms with Crippen LogP contribution in [0.5, 0.6) is 5.75 Å². The lowest BCUT2D eigenvalue weighted by atomic mass is 10.1. The summed E-state index contributed by atoms with van der Waals surface area (Å²) >= 11 is 0. The van der Waals surface area contributed by atoms with Crippen molar-refractivity contribution in [3.8, 4) is 5.75 Å². The van der Waals surface area contributed by atoms with Gasteiger partial charge in [0.1, 0.15) is 11.3 Å². The second-order valence-corrected chi connectivity index (χ2v) is 4.79. The lowest BCUT2D eigenvalue weighted by Crippen LogP contribution is -2.41. The summed E-state index contributed by atoms with van der Waals surface area (Å²) in [5.74, 6) is -0.891. The summed E-state index contributed by atoms with van der Waals surface area (Å²) < 4.78 is 10.4. The molecule has 2 amide bonds. The van der Waals surface area contributed by atoms with E-state index in [1.54, 1.807) is 0 Å². The van der Waals surface area contributed by atoms with Gasteiger partial charge in [-0.15, -0.1) is 0 Å². The number of ether oxygens (including phenoxy) is 2. The molecule has 1 aliphatic heterocycles. The van der Waals surface area contributed by atoms with Crippen molar-refractivity contribution in [2.24, 2.45) is 0 Å². The van der Waals surface area contributed by atoms with E-state index in [2.05, 4.69) is 10.6 Å². The van der Waals surface area contributed by atoms with Gasteiger partial charge in [0, 0.05) is 18.4 Å². The zero-order valence-electron chi connectivity index (χ0n) is 11.9. The van der Waals surface area contributed by atoms with Gasteiger partial charge in [-0.1, -0.05) is 0 Å². The highest BCUT2D eigenvalue weighted by atomic mass is 16.5. The Labute approximate surface area is 122 Å². The number of aromatic carboxylic acids is 1. The molecular weight excluding hydrogens is 276 g/mol. The van der Waals surface area contributed by atoms with Gasteiger partial charge in [0.2, 0.25) is 0 Å². The van der Waals surface area contributed by atoms with Crippen LogP contribution in [-0.2, 0) is 4.74 Å². The monoisotopic (exact) mass is 294 g/mol. The van der Waals surface area contributed by atoms with Crippen molar-refractivity contribution in [1.29, 1.82) is 0 Å². The van der Waals surface area contributed by atoms with Crippen LogP contribution in [0.1, 0.15) is 23.7 Å². The fourth-order valence-electron chi connectivity index (χ4n) is 2.20. The Morgan fingerprint density at radius 2 is 2.19 bits per heavy atom. The largest absolute Gasteiger partial charge is 0.496 e. The number of carboxylic acid groups (broad SMARTS) is 1. The van der Waals surface area contributed by atoms with Gasteiger partial charge in [-0.25, -0.2) is 9.59 Å². The third-order valence-corrected chi connectivity index (χ3v) is 3.38. The summed E-state index contributed by atoms with van der Waals surface area (Å²) in [6, 6.07) is 3.99. The van der Waals surface area contributed by atoms with Crippen LogP contribution in [-0.4, -0.2) is 43.0 Å². The summed E-state index contributed by atoms with van der Waals surface area (Å²) in [6.45, 7) is 2.54. The molecule has 0 spiro atoms. The first-order chi connectivity index (χ1) is 10.0. The molecule has 7 heteroatoms. The first-order valence-electron chi connectivity index (χ1n) is 6.61. The van der Waals surface area contributed by atoms with Crippen LogP contribution in [0, 0.1) is 0 Å². The molecule has 0 saturated carbocycles. The molecule has 2 atom stereocenters. The van der Waals surface area contributed by atoms with E-state index in [4.69, 9.17) is 14.6 Å². The van der Waals surface area contributed by atoms with Crippen molar-refractivity contribution in [2.75, 3.05) is 19.0 Å². The number of urea groups is 1. The van der Waals surface area contributed by atoms with Gasteiger partial charge in [-0.2, -0.15) is 0 Å². The van der Waals surface area contributed by atoms with E-state index in [9.17, 15) is 9.59 Å². The van der Waals surface area contributed by atoms with Crippen molar-refractivity contribution >= 4 is 17.7 Å². The van der Waals surface area contributed by atoms with Crippen LogP contribution in [0.3, 0.4) is 0 Å². The molecule has 0 radical (unpaired) electrons. The van der Waals surface area contributed by atoms with Gasteiger partial charge in [-0.05, 0) is 25.5 Å². The molecule has 1 heterocycles. The van der Waals surface area contributed by atoms with Gasteiger partial charge in [0.15, 0.2) is 0 Å². The molecule has 0 bridgehead atoms. The van der Waals surface area contributed by atoms with E-state index < -0.39 is 5.97 Å². The number of hydrogen-bond donors (Lipinski definition) is 3. The van der Waals surface area contributed by atoms with Gasteiger partial charge >= 0.3 is 12.0 Å². The molecule has 1 aliphatic rings. The minimum Gasteiger partial charge on any atom is -0.496 e. The molecule has 2 unspecified atom stereocenters. The SMILES string of the molecule is COc1cc(NC(=O)NC2CCOC2C)ccc1C(=O)O. The van der Waals surface area contributed by atoms with Crippen molar-refractivity contribution in [3.63, 3.8) is 0 Å². The highest BCUT2D eigenvalue weighted by Crippen LogP contribution is 2.23. The van der Waals surface area contributed by atoms with E-state index in [0.717, 1.165) is 6.42 Å².